The van der Waals surface area contributed by atoms with Gasteiger partial charge in [0.15, 0.2) is 5.82 Å². The van der Waals surface area contributed by atoms with Crippen molar-refractivity contribution in [2.24, 2.45) is 5.73 Å². The number of rotatable bonds is 3. The lowest BCUT2D eigenvalue weighted by Crippen LogP contribution is -2.30. The summed E-state index contributed by atoms with van der Waals surface area (Å²) < 4.78 is 0. The van der Waals surface area contributed by atoms with Crippen LogP contribution >= 0.6 is 0 Å². The van der Waals surface area contributed by atoms with E-state index in [4.69, 9.17) is 10.6 Å². The molecule has 1 aromatic heterocycles. The molecule has 0 unspecified atom stereocenters. The maximum Gasteiger partial charge on any atom is 0.253 e. The first kappa shape index (κ1) is 12.2. The van der Waals surface area contributed by atoms with E-state index in [1.54, 1.807) is 18.5 Å². The molecule has 3 rings (SSSR count). The fraction of sp³-hybridized carbons (Fsp3) is 0. The van der Waals surface area contributed by atoms with Gasteiger partial charge in [0.25, 0.3) is 5.91 Å². The Morgan fingerprint density at radius 3 is 2.70 bits per heavy atom. The fourth-order valence-electron chi connectivity index (χ4n) is 2.06. The number of carbonyl (C=O) groups excluding carboxylic acids is 1. The molecule has 1 aliphatic heterocycles. The number of primary amides is 1. The summed E-state index contributed by atoms with van der Waals surface area (Å²) in [4.78, 5) is 20.9. The van der Waals surface area contributed by atoms with Gasteiger partial charge in [-0.05, 0) is 17.2 Å². The molecule has 6 heteroatoms. The van der Waals surface area contributed by atoms with Gasteiger partial charge in [0.1, 0.15) is 6.26 Å². The molecule has 0 bridgehead atoms. The SMILES string of the molecule is NC(=O)c1c(-c2ccccc2)ccnc1N1C=CON1. The minimum Gasteiger partial charge on any atom is -0.395 e. The van der Waals surface area contributed by atoms with E-state index in [0.717, 1.165) is 11.1 Å². The monoisotopic (exact) mass is 268 g/mol. The maximum atomic E-state index is 11.8. The van der Waals surface area contributed by atoms with Crippen molar-refractivity contribution in [1.29, 1.82) is 0 Å². The van der Waals surface area contributed by atoms with Crippen LogP contribution in [0.5, 0.6) is 0 Å². The molecule has 0 radical (unpaired) electrons. The lowest BCUT2D eigenvalue weighted by molar-refractivity contribution is 0.1000. The van der Waals surface area contributed by atoms with Crippen LogP contribution in [-0.2, 0) is 4.84 Å². The number of carbonyl (C=O) groups is 1. The topological polar surface area (TPSA) is 80.5 Å². The molecule has 0 aliphatic carbocycles. The van der Waals surface area contributed by atoms with Gasteiger partial charge >= 0.3 is 0 Å². The quantitative estimate of drug-likeness (QED) is 0.883. The minimum absolute atomic E-state index is 0.335. The molecular weight excluding hydrogens is 256 g/mol. The van der Waals surface area contributed by atoms with E-state index in [1.807, 2.05) is 30.3 Å². The van der Waals surface area contributed by atoms with E-state index in [2.05, 4.69) is 10.6 Å². The molecule has 3 N–H and O–H groups in total. The van der Waals surface area contributed by atoms with E-state index in [0.29, 0.717) is 11.4 Å². The van der Waals surface area contributed by atoms with Crippen molar-refractivity contribution in [2.45, 2.75) is 0 Å². The average molecular weight is 268 g/mol. The van der Waals surface area contributed by atoms with E-state index in [-0.39, 0.29) is 0 Å². The van der Waals surface area contributed by atoms with Crippen LogP contribution in [0.3, 0.4) is 0 Å². The van der Waals surface area contributed by atoms with Gasteiger partial charge < -0.3 is 10.6 Å². The normalized spacial score (nSPS) is 13.3. The van der Waals surface area contributed by atoms with Crippen LogP contribution in [0.1, 0.15) is 10.4 Å². The van der Waals surface area contributed by atoms with Crippen LogP contribution in [-0.4, -0.2) is 10.9 Å². The molecule has 0 fully saturated rings. The van der Waals surface area contributed by atoms with Crippen LogP contribution in [0.15, 0.2) is 55.1 Å². The maximum absolute atomic E-state index is 11.8. The molecule has 100 valence electrons. The summed E-state index contributed by atoms with van der Waals surface area (Å²) >= 11 is 0. The van der Waals surface area contributed by atoms with Gasteiger partial charge in [-0.3, -0.25) is 4.79 Å². The van der Waals surface area contributed by atoms with Crippen molar-refractivity contribution in [2.75, 3.05) is 5.01 Å². The van der Waals surface area contributed by atoms with E-state index >= 15 is 0 Å². The molecule has 0 saturated heterocycles. The fourth-order valence-corrected chi connectivity index (χ4v) is 2.06. The Morgan fingerprint density at radius 2 is 2.05 bits per heavy atom. The number of nitrogens with zero attached hydrogens (tertiary/aromatic N) is 2. The predicted octanol–water partition coefficient (Wildman–Crippen LogP) is 1.57. The first-order valence-corrected chi connectivity index (χ1v) is 5.99. The highest BCUT2D eigenvalue weighted by atomic mass is 16.7. The Bertz CT molecular complexity index is 670. The van der Waals surface area contributed by atoms with Crippen molar-refractivity contribution in [3.05, 3.63) is 60.6 Å². The summed E-state index contributed by atoms with van der Waals surface area (Å²) in [5.74, 6) is -0.151. The second kappa shape index (κ2) is 5.02. The Labute approximate surface area is 115 Å². The highest BCUT2D eigenvalue weighted by molar-refractivity contribution is 6.04. The van der Waals surface area contributed by atoms with Gasteiger partial charge in [-0.2, -0.15) is 0 Å². The van der Waals surface area contributed by atoms with Crippen molar-refractivity contribution in [3.63, 3.8) is 0 Å². The lowest BCUT2D eigenvalue weighted by Gasteiger charge is -2.17. The van der Waals surface area contributed by atoms with E-state index in [1.165, 1.54) is 11.3 Å². The van der Waals surface area contributed by atoms with Gasteiger partial charge in [0.05, 0.1) is 11.8 Å². The highest BCUT2D eigenvalue weighted by Gasteiger charge is 2.21. The van der Waals surface area contributed by atoms with Crippen molar-refractivity contribution in [3.8, 4) is 11.1 Å². The number of nitrogens with one attached hydrogen (secondary N) is 1. The zero-order valence-corrected chi connectivity index (χ0v) is 10.5. The van der Waals surface area contributed by atoms with Crippen molar-refractivity contribution >= 4 is 11.7 Å². The lowest BCUT2D eigenvalue weighted by atomic mass is 10.0. The highest BCUT2D eigenvalue weighted by Crippen LogP contribution is 2.29. The number of pyridine rings is 1. The third-order valence-corrected chi connectivity index (χ3v) is 2.92. The van der Waals surface area contributed by atoms with Gasteiger partial charge in [-0.25, -0.2) is 9.99 Å². The molecule has 1 amide bonds. The number of anilines is 1. The molecule has 2 aromatic rings. The largest absolute Gasteiger partial charge is 0.395 e. The summed E-state index contributed by atoms with van der Waals surface area (Å²) in [6, 6.07) is 11.3. The van der Waals surface area contributed by atoms with Crippen LogP contribution in [0, 0.1) is 0 Å². The summed E-state index contributed by atoms with van der Waals surface area (Å²) in [7, 11) is 0. The number of benzene rings is 1. The van der Waals surface area contributed by atoms with Crippen LogP contribution in [0.4, 0.5) is 5.82 Å². The van der Waals surface area contributed by atoms with Gasteiger partial charge in [0, 0.05) is 6.20 Å². The first-order chi connectivity index (χ1) is 9.77. The third-order valence-electron chi connectivity index (χ3n) is 2.92. The second-order valence-electron chi connectivity index (χ2n) is 4.15. The number of hydrazine groups is 1. The molecule has 0 atom stereocenters. The van der Waals surface area contributed by atoms with E-state index in [9.17, 15) is 4.79 Å². The Kier molecular flexibility index (Phi) is 3.06. The number of hydrogen-bond acceptors (Lipinski definition) is 5. The molecule has 1 aromatic carbocycles. The standard InChI is InChI=1S/C14H12N4O2/c15-13(19)12-11(10-4-2-1-3-5-10)6-7-16-14(12)18-8-9-20-17-18/h1-9,17H,(H2,15,19). The summed E-state index contributed by atoms with van der Waals surface area (Å²) in [6.07, 6.45) is 4.68. The number of nitrogens with two attached hydrogens (primary N) is 1. The summed E-state index contributed by atoms with van der Waals surface area (Å²) in [6.45, 7) is 0. The minimum atomic E-state index is -0.547. The molecule has 1 aliphatic rings. The van der Waals surface area contributed by atoms with Gasteiger partial charge in [0.2, 0.25) is 0 Å². The molecular formula is C14H12N4O2. The Balaban J connectivity index is 2.18. The summed E-state index contributed by atoms with van der Waals surface area (Å²) in [5, 5.41) is 1.49. The number of hydrogen-bond donors (Lipinski definition) is 2. The average Bonchev–Trinajstić information content (AvgIpc) is 3.01. The number of amides is 1. The van der Waals surface area contributed by atoms with Gasteiger partial charge in [-0.15, -0.1) is 0 Å². The van der Waals surface area contributed by atoms with Crippen LogP contribution < -0.4 is 16.3 Å². The molecule has 2 heterocycles. The van der Waals surface area contributed by atoms with Crippen molar-refractivity contribution in [1.82, 2.24) is 10.6 Å². The zero-order valence-electron chi connectivity index (χ0n) is 10.5. The molecule has 0 saturated carbocycles. The van der Waals surface area contributed by atoms with E-state index < -0.39 is 5.91 Å². The summed E-state index contributed by atoms with van der Waals surface area (Å²) in [5.41, 5.74) is 10.1. The Morgan fingerprint density at radius 1 is 1.25 bits per heavy atom. The Hall–Kier alpha value is -2.86. The van der Waals surface area contributed by atoms with Crippen LogP contribution in [0.25, 0.3) is 11.1 Å². The molecule has 0 spiro atoms. The second-order valence-corrected chi connectivity index (χ2v) is 4.15. The van der Waals surface area contributed by atoms with Gasteiger partial charge in [-0.1, -0.05) is 35.9 Å². The smallest absolute Gasteiger partial charge is 0.253 e. The molecule has 20 heavy (non-hydrogen) atoms. The zero-order chi connectivity index (χ0) is 13.9. The number of aromatic nitrogens is 1. The predicted molar refractivity (Wildman–Crippen MR) is 74.0 cm³/mol. The first-order valence-electron chi connectivity index (χ1n) is 5.99. The molecule has 6 nitrogen and oxygen atoms in total. The van der Waals surface area contributed by atoms with Crippen molar-refractivity contribution < 1.29 is 9.63 Å². The third kappa shape index (κ3) is 2.08. The van der Waals surface area contributed by atoms with Crippen LogP contribution in [0.2, 0.25) is 0 Å².